The summed E-state index contributed by atoms with van der Waals surface area (Å²) in [7, 11) is -5.31. The molecule has 2 N–H and O–H groups in total. The van der Waals surface area contributed by atoms with Gasteiger partial charge in [0.05, 0.1) is 0 Å². The molecule has 0 amide bonds. The maximum atomic E-state index is 12.3. The van der Waals surface area contributed by atoms with E-state index in [2.05, 4.69) is 4.18 Å². The molecule has 0 aliphatic rings. The van der Waals surface area contributed by atoms with Crippen molar-refractivity contribution >= 4 is 23.2 Å². The standard InChI is InChI=1S/C8H9BF4NO3S.K/c1-5-6(4-9(10,11)12)2-7(14)3-8(5)17-18(13,15)16;/h2-3H,4,14H2,1H3;/q-1;+1. The molecular formula is C8H9BF4KNO3S. The number of halogens is 4. The molecule has 1 rings (SSSR count). The number of nitrogens with two attached hydrogens (primary N) is 1. The summed E-state index contributed by atoms with van der Waals surface area (Å²) in [4.78, 5) is 0. The van der Waals surface area contributed by atoms with Crippen molar-refractivity contribution in [1.82, 2.24) is 0 Å². The molecular weight excluding hydrogens is 316 g/mol. The number of hydrogen-bond acceptors (Lipinski definition) is 4. The van der Waals surface area contributed by atoms with Crippen LogP contribution in [-0.2, 0) is 16.8 Å². The molecule has 19 heavy (non-hydrogen) atoms. The van der Waals surface area contributed by atoms with Crippen LogP contribution in [-0.4, -0.2) is 15.4 Å². The summed E-state index contributed by atoms with van der Waals surface area (Å²) in [6.07, 6.45) is -1.25. The van der Waals surface area contributed by atoms with Crippen LogP contribution in [0.4, 0.5) is 22.5 Å². The molecule has 0 bridgehead atoms. The molecule has 1 aromatic carbocycles. The van der Waals surface area contributed by atoms with E-state index < -0.39 is 29.6 Å². The molecule has 0 saturated heterocycles. The Bertz CT molecular complexity index is 564. The summed E-state index contributed by atoms with van der Waals surface area (Å²) in [6.45, 7) is -3.93. The quantitative estimate of drug-likeness (QED) is 0.337. The van der Waals surface area contributed by atoms with Crippen LogP contribution in [0.5, 0.6) is 5.75 Å². The predicted octanol–water partition coefficient (Wildman–Crippen LogP) is -0.897. The van der Waals surface area contributed by atoms with Gasteiger partial charge in [0, 0.05) is 11.8 Å². The summed E-state index contributed by atoms with van der Waals surface area (Å²) in [5, 5.41) is 0. The molecule has 4 nitrogen and oxygen atoms in total. The first-order valence-corrected chi connectivity index (χ1v) is 6.03. The van der Waals surface area contributed by atoms with Crippen LogP contribution < -0.4 is 61.3 Å². The van der Waals surface area contributed by atoms with Crippen LogP contribution in [0.1, 0.15) is 11.1 Å². The molecule has 102 valence electrons. The van der Waals surface area contributed by atoms with E-state index in [0.717, 1.165) is 12.1 Å². The molecule has 0 aromatic heterocycles. The fourth-order valence-corrected chi connectivity index (χ4v) is 1.81. The van der Waals surface area contributed by atoms with Crippen molar-refractivity contribution in [2.75, 3.05) is 5.73 Å². The van der Waals surface area contributed by atoms with Crippen LogP contribution in [0.3, 0.4) is 0 Å². The van der Waals surface area contributed by atoms with Crippen LogP contribution in [0, 0.1) is 6.92 Å². The second-order valence-corrected chi connectivity index (χ2v) is 4.65. The molecule has 0 unspecified atom stereocenters. The zero-order valence-electron chi connectivity index (χ0n) is 10.2. The van der Waals surface area contributed by atoms with Crippen molar-refractivity contribution in [3.63, 3.8) is 0 Å². The van der Waals surface area contributed by atoms with E-state index in [-0.39, 0.29) is 68.2 Å². The number of hydrogen-bond donors (Lipinski definition) is 1. The predicted molar refractivity (Wildman–Crippen MR) is 59.0 cm³/mol. The molecule has 1 aromatic rings. The first-order chi connectivity index (χ1) is 7.98. The SMILES string of the molecule is Cc1c(C[B-](F)(F)F)cc(N)cc1OS(=O)(=O)F.[K+]. The van der Waals surface area contributed by atoms with E-state index in [1.807, 2.05) is 0 Å². The molecule has 0 spiro atoms. The van der Waals surface area contributed by atoms with Gasteiger partial charge in [0.1, 0.15) is 5.75 Å². The van der Waals surface area contributed by atoms with Gasteiger partial charge in [-0.3, -0.25) is 0 Å². The third kappa shape index (κ3) is 6.95. The Morgan fingerprint density at radius 3 is 2.26 bits per heavy atom. The first-order valence-electron chi connectivity index (χ1n) is 4.72. The number of nitrogen functional groups attached to an aromatic ring is 1. The minimum atomic E-state index is -5.31. The summed E-state index contributed by atoms with van der Waals surface area (Å²) >= 11 is 0. The van der Waals surface area contributed by atoms with E-state index in [4.69, 9.17) is 5.73 Å². The van der Waals surface area contributed by atoms with Crippen molar-refractivity contribution in [1.29, 1.82) is 0 Å². The van der Waals surface area contributed by atoms with Crippen molar-refractivity contribution in [2.45, 2.75) is 13.2 Å². The summed E-state index contributed by atoms with van der Waals surface area (Å²) in [5.41, 5.74) is 4.79. The third-order valence-corrected chi connectivity index (χ3v) is 2.51. The van der Waals surface area contributed by atoms with Gasteiger partial charge >= 0.3 is 68.9 Å². The summed E-state index contributed by atoms with van der Waals surface area (Å²) in [5.74, 6) is -0.549. The first kappa shape index (κ1) is 19.2. The Morgan fingerprint density at radius 2 is 1.84 bits per heavy atom. The van der Waals surface area contributed by atoms with Crippen LogP contribution in [0.2, 0.25) is 0 Å². The average molecular weight is 325 g/mol. The summed E-state index contributed by atoms with van der Waals surface area (Å²) < 4.78 is 73.8. The maximum absolute atomic E-state index is 12.3. The van der Waals surface area contributed by atoms with Gasteiger partial charge in [0.15, 0.2) is 0 Å². The van der Waals surface area contributed by atoms with E-state index in [1.165, 1.54) is 6.92 Å². The maximum Gasteiger partial charge on any atom is 1.00 e. The smallest absolute Gasteiger partial charge is 0.449 e. The van der Waals surface area contributed by atoms with E-state index in [9.17, 15) is 25.3 Å². The topological polar surface area (TPSA) is 69.4 Å². The number of anilines is 1. The van der Waals surface area contributed by atoms with E-state index in [0.29, 0.717) is 0 Å². The Labute approximate surface area is 150 Å². The minimum absolute atomic E-state index is 0. The minimum Gasteiger partial charge on any atom is -0.449 e. The molecule has 0 saturated carbocycles. The Morgan fingerprint density at radius 1 is 1.32 bits per heavy atom. The summed E-state index contributed by atoms with van der Waals surface area (Å²) in [6, 6.07) is 1.99. The second kappa shape index (κ2) is 6.76. The van der Waals surface area contributed by atoms with Gasteiger partial charge in [-0.15, -0.1) is 0 Å². The Kier molecular flexibility index (Phi) is 6.83. The molecule has 0 aliphatic heterocycles. The zero-order chi connectivity index (χ0) is 14.1. The van der Waals surface area contributed by atoms with E-state index >= 15 is 0 Å². The van der Waals surface area contributed by atoms with Crippen LogP contribution >= 0.6 is 0 Å². The average Bonchev–Trinajstić information content (AvgIpc) is 2.07. The van der Waals surface area contributed by atoms with Gasteiger partial charge in [-0.1, -0.05) is 15.8 Å². The Hall–Kier alpha value is 0.191. The number of benzene rings is 1. The zero-order valence-corrected chi connectivity index (χ0v) is 14.1. The van der Waals surface area contributed by atoms with Gasteiger partial charge in [-0.25, -0.2) is 0 Å². The fourth-order valence-electron chi connectivity index (χ4n) is 1.42. The Balaban J connectivity index is 0.00000324. The molecule has 0 aliphatic carbocycles. The normalized spacial score (nSPS) is 11.8. The fraction of sp³-hybridized carbons (Fsp3) is 0.250. The van der Waals surface area contributed by atoms with Crippen LogP contribution in [0.25, 0.3) is 0 Å². The second-order valence-electron chi connectivity index (χ2n) is 3.69. The molecule has 0 fully saturated rings. The van der Waals surface area contributed by atoms with Gasteiger partial charge in [0.2, 0.25) is 0 Å². The monoisotopic (exact) mass is 325 g/mol. The van der Waals surface area contributed by atoms with E-state index in [1.54, 1.807) is 0 Å². The van der Waals surface area contributed by atoms with Crippen molar-refractivity contribution in [3.05, 3.63) is 23.3 Å². The van der Waals surface area contributed by atoms with Crippen molar-refractivity contribution in [3.8, 4) is 5.75 Å². The van der Waals surface area contributed by atoms with Gasteiger partial charge in [0.25, 0.3) is 0 Å². The molecule has 11 heteroatoms. The van der Waals surface area contributed by atoms with Crippen molar-refractivity contribution in [2.24, 2.45) is 0 Å². The number of rotatable bonds is 4. The third-order valence-electron chi connectivity index (χ3n) is 2.13. The largest absolute Gasteiger partial charge is 1.00 e. The van der Waals surface area contributed by atoms with Gasteiger partial charge < -0.3 is 22.9 Å². The van der Waals surface area contributed by atoms with Gasteiger partial charge in [-0.2, -0.15) is 8.42 Å². The van der Waals surface area contributed by atoms with Gasteiger partial charge in [-0.05, 0) is 18.6 Å². The molecule has 0 radical (unpaired) electrons. The molecule has 0 atom stereocenters. The van der Waals surface area contributed by atoms with Crippen molar-refractivity contribution < 1.29 is 80.8 Å². The van der Waals surface area contributed by atoms with Crippen LogP contribution in [0.15, 0.2) is 12.1 Å². The molecule has 0 heterocycles.